The highest BCUT2D eigenvalue weighted by atomic mass is 16.5. The molecule has 0 aliphatic carbocycles. The van der Waals surface area contributed by atoms with Gasteiger partial charge in [-0.05, 0) is 48.9 Å². The topological polar surface area (TPSA) is 70.7 Å². The number of nitrogens with one attached hydrogen (secondary N) is 2. The molecule has 6 heteroatoms. The largest absolute Gasteiger partial charge is 0.383 e. The zero-order valence-electron chi connectivity index (χ0n) is 18.5. The second kappa shape index (κ2) is 11.5. The van der Waals surface area contributed by atoms with Gasteiger partial charge < -0.3 is 20.3 Å². The van der Waals surface area contributed by atoms with Crippen LogP contribution in [0.1, 0.15) is 42.1 Å². The molecule has 1 heterocycles. The van der Waals surface area contributed by atoms with Crippen molar-refractivity contribution in [3.05, 3.63) is 59.7 Å². The molecule has 0 unspecified atom stereocenters. The number of carbonyl (C=O) groups is 2. The number of anilines is 2. The van der Waals surface area contributed by atoms with Crippen LogP contribution >= 0.6 is 0 Å². The number of amides is 2. The van der Waals surface area contributed by atoms with E-state index in [0.29, 0.717) is 36.7 Å². The minimum absolute atomic E-state index is 0.0692. The number of carbonyl (C=O) groups excluding carboxylic acids is 2. The van der Waals surface area contributed by atoms with Crippen molar-refractivity contribution in [2.24, 2.45) is 5.92 Å². The molecule has 1 aliphatic rings. The summed E-state index contributed by atoms with van der Waals surface area (Å²) in [6.07, 6.45) is 3.68. The number of nitrogens with zero attached hydrogens (tertiary/aromatic N) is 1. The molecule has 1 saturated heterocycles. The molecule has 2 aromatic carbocycles. The highest BCUT2D eigenvalue weighted by molar-refractivity contribution is 6.02. The molecular formula is C25H33N3O3. The van der Waals surface area contributed by atoms with E-state index >= 15 is 0 Å². The third kappa shape index (κ3) is 6.56. The number of methoxy groups -OCH3 is 1. The lowest BCUT2D eigenvalue weighted by atomic mass is 9.89. The van der Waals surface area contributed by atoms with Gasteiger partial charge in [0, 0.05) is 44.5 Å². The molecule has 0 atom stereocenters. The molecule has 6 nitrogen and oxygen atoms in total. The van der Waals surface area contributed by atoms with E-state index in [1.807, 2.05) is 19.1 Å². The van der Waals surface area contributed by atoms with Gasteiger partial charge in [0.15, 0.2) is 0 Å². The molecule has 166 valence electrons. The fourth-order valence-corrected chi connectivity index (χ4v) is 4.01. The van der Waals surface area contributed by atoms with Gasteiger partial charge >= 0.3 is 0 Å². The van der Waals surface area contributed by atoms with Gasteiger partial charge in [0.25, 0.3) is 5.91 Å². The summed E-state index contributed by atoms with van der Waals surface area (Å²) >= 11 is 0. The first-order valence-electron chi connectivity index (χ1n) is 11.1. The Kier molecular flexibility index (Phi) is 8.47. The monoisotopic (exact) mass is 423 g/mol. The van der Waals surface area contributed by atoms with Gasteiger partial charge in [-0.25, -0.2) is 0 Å². The average molecular weight is 424 g/mol. The maximum atomic E-state index is 12.9. The fourth-order valence-electron chi connectivity index (χ4n) is 4.01. The van der Waals surface area contributed by atoms with E-state index in [2.05, 4.69) is 45.9 Å². The highest BCUT2D eigenvalue weighted by Gasteiger charge is 2.23. The van der Waals surface area contributed by atoms with E-state index in [-0.39, 0.29) is 11.8 Å². The minimum Gasteiger partial charge on any atom is -0.383 e. The van der Waals surface area contributed by atoms with Crippen LogP contribution in [0.5, 0.6) is 0 Å². The highest BCUT2D eigenvalue weighted by Crippen LogP contribution is 2.30. The van der Waals surface area contributed by atoms with Crippen molar-refractivity contribution in [3.8, 4) is 0 Å². The number of piperidine rings is 1. The summed E-state index contributed by atoms with van der Waals surface area (Å²) in [4.78, 5) is 27.0. The first-order chi connectivity index (χ1) is 15.1. The predicted octanol–water partition coefficient (Wildman–Crippen LogP) is 3.87. The van der Waals surface area contributed by atoms with Crippen molar-refractivity contribution < 1.29 is 14.3 Å². The van der Waals surface area contributed by atoms with Crippen LogP contribution in [-0.4, -0.2) is 45.2 Å². The fraction of sp³-hybridized carbons (Fsp3) is 0.440. The third-order valence-electron chi connectivity index (χ3n) is 5.76. The predicted molar refractivity (Wildman–Crippen MR) is 125 cm³/mol. The molecule has 0 radical (unpaired) electrons. The van der Waals surface area contributed by atoms with E-state index in [4.69, 9.17) is 4.74 Å². The number of hydrogen-bond donors (Lipinski definition) is 2. The molecule has 0 spiro atoms. The molecule has 0 saturated carbocycles. The van der Waals surface area contributed by atoms with E-state index < -0.39 is 0 Å². The second-order valence-electron chi connectivity index (χ2n) is 8.00. The molecule has 1 aliphatic heterocycles. The normalized spacial score (nSPS) is 14.3. The summed E-state index contributed by atoms with van der Waals surface area (Å²) in [6, 6.07) is 16.2. The molecule has 1 fully saturated rings. The summed E-state index contributed by atoms with van der Waals surface area (Å²) in [5, 5.41) is 5.77. The van der Waals surface area contributed by atoms with Gasteiger partial charge in [-0.15, -0.1) is 0 Å². The molecule has 31 heavy (non-hydrogen) atoms. The van der Waals surface area contributed by atoms with Crippen molar-refractivity contribution in [1.29, 1.82) is 0 Å². The van der Waals surface area contributed by atoms with Crippen LogP contribution in [0.25, 0.3) is 0 Å². The van der Waals surface area contributed by atoms with Crippen LogP contribution in [0.3, 0.4) is 0 Å². The maximum absolute atomic E-state index is 12.9. The zero-order chi connectivity index (χ0) is 22.1. The lowest BCUT2D eigenvalue weighted by molar-refractivity contribution is -0.115. The Labute approximate surface area is 185 Å². The van der Waals surface area contributed by atoms with Gasteiger partial charge in [-0.2, -0.15) is 0 Å². The van der Waals surface area contributed by atoms with Crippen molar-refractivity contribution in [3.63, 3.8) is 0 Å². The SMILES string of the molecule is CCC(=O)Nc1ccc(N2CCC(Cc3ccccc3)CC2)c(C(=O)NCCOC)c1. The Morgan fingerprint density at radius 1 is 1.10 bits per heavy atom. The Hall–Kier alpha value is -2.86. The van der Waals surface area contributed by atoms with Crippen molar-refractivity contribution in [2.75, 3.05) is 43.6 Å². The summed E-state index contributed by atoms with van der Waals surface area (Å²) in [5.74, 6) is 0.437. The van der Waals surface area contributed by atoms with Crippen LogP contribution in [-0.2, 0) is 16.0 Å². The molecular weight excluding hydrogens is 390 g/mol. The third-order valence-corrected chi connectivity index (χ3v) is 5.76. The Morgan fingerprint density at radius 2 is 1.84 bits per heavy atom. The van der Waals surface area contributed by atoms with Gasteiger partial charge in [0.05, 0.1) is 12.2 Å². The lowest BCUT2D eigenvalue weighted by Gasteiger charge is -2.35. The molecule has 2 amide bonds. The zero-order valence-corrected chi connectivity index (χ0v) is 18.5. The lowest BCUT2D eigenvalue weighted by Crippen LogP contribution is -2.36. The molecule has 0 bridgehead atoms. The Bertz CT molecular complexity index is 862. The molecule has 3 rings (SSSR count). The first kappa shape index (κ1) is 22.8. The Balaban J connectivity index is 1.71. The number of ether oxygens (including phenoxy) is 1. The smallest absolute Gasteiger partial charge is 0.253 e. The van der Waals surface area contributed by atoms with E-state index in [1.54, 1.807) is 13.2 Å². The van der Waals surface area contributed by atoms with E-state index in [1.165, 1.54) is 5.56 Å². The summed E-state index contributed by atoms with van der Waals surface area (Å²) in [6.45, 7) is 4.53. The number of rotatable bonds is 9. The molecule has 0 aromatic heterocycles. The molecule has 2 aromatic rings. The maximum Gasteiger partial charge on any atom is 0.253 e. The second-order valence-corrected chi connectivity index (χ2v) is 8.00. The van der Waals surface area contributed by atoms with E-state index in [9.17, 15) is 9.59 Å². The summed E-state index contributed by atoms with van der Waals surface area (Å²) in [5.41, 5.74) is 3.54. The van der Waals surface area contributed by atoms with Crippen LogP contribution in [0.2, 0.25) is 0 Å². The number of benzene rings is 2. The van der Waals surface area contributed by atoms with Crippen LogP contribution < -0.4 is 15.5 Å². The quantitative estimate of drug-likeness (QED) is 0.601. The van der Waals surface area contributed by atoms with Crippen molar-refractivity contribution in [1.82, 2.24) is 5.32 Å². The average Bonchev–Trinajstić information content (AvgIpc) is 2.80. The number of hydrogen-bond acceptors (Lipinski definition) is 4. The van der Waals surface area contributed by atoms with Crippen molar-refractivity contribution in [2.45, 2.75) is 32.6 Å². The van der Waals surface area contributed by atoms with Crippen LogP contribution in [0.4, 0.5) is 11.4 Å². The van der Waals surface area contributed by atoms with Gasteiger partial charge in [0.1, 0.15) is 0 Å². The van der Waals surface area contributed by atoms with Crippen LogP contribution in [0.15, 0.2) is 48.5 Å². The van der Waals surface area contributed by atoms with E-state index in [0.717, 1.165) is 38.0 Å². The van der Waals surface area contributed by atoms with Gasteiger partial charge in [-0.1, -0.05) is 37.3 Å². The first-order valence-corrected chi connectivity index (χ1v) is 11.1. The summed E-state index contributed by atoms with van der Waals surface area (Å²) in [7, 11) is 1.61. The summed E-state index contributed by atoms with van der Waals surface area (Å²) < 4.78 is 5.04. The van der Waals surface area contributed by atoms with Crippen molar-refractivity contribution >= 4 is 23.2 Å². The van der Waals surface area contributed by atoms with Gasteiger partial charge in [-0.3, -0.25) is 9.59 Å². The van der Waals surface area contributed by atoms with Crippen LogP contribution in [0, 0.1) is 5.92 Å². The van der Waals surface area contributed by atoms with Gasteiger partial charge in [0.2, 0.25) is 5.91 Å². The molecule has 2 N–H and O–H groups in total. The Morgan fingerprint density at radius 3 is 2.52 bits per heavy atom. The minimum atomic E-state index is -0.147. The standard InChI is InChI=1S/C25H33N3O3/c1-3-24(29)27-21-9-10-23(22(18-21)25(30)26-13-16-31-2)28-14-11-20(12-15-28)17-19-7-5-4-6-8-19/h4-10,18,20H,3,11-17H2,1-2H3,(H,26,30)(H,27,29).